The SMILES string of the molecule is [2H]C1C=CCC(C(=O)C(=O)c2ccc3ccccc3c2)C1[2H]. The molecular weight excluding hydrogens is 248 g/mol. The van der Waals surface area contributed by atoms with Crippen LogP contribution in [-0.2, 0) is 4.79 Å². The average Bonchev–Trinajstić information content (AvgIpc) is 2.55. The van der Waals surface area contributed by atoms with E-state index in [9.17, 15) is 9.59 Å². The maximum absolute atomic E-state index is 12.4. The molecule has 3 unspecified atom stereocenters. The molecule has 0 aromatic heterocycles. The molecule has 2 aromatic carbocycles. The van der Waals surface area contributed by atoms with E-state index in [4.69, 9.17) is 2.74 Å². The maximum Gasteiger partial charge on any atom is 0.228 e. The van der Waals surface area contributed by atoms with Gasteiger partial charge in [0.1, 0.15) is 0 Å². The lowest BCUT2D eigenvalue weighted by Crippen LogP contribution is -2.24. The molecule has 0 heterocycles. The van der Waals surface area contributed by atoms with Crippen LogP contribution in [0.3, 0.4) is 0 Å². The van der Waals surface area contributed by atoms with E-state index in [0.29, 0.717) is 12.0 Å². The molecule has 1 aliphatic carbocycles. The standard InChI is InChI=1S/C18H16O2/c19-17(14-7-2-1-3-8-14)18(20)16-11-10-13-6-4-5-9-15(13)12-16/h1-2,4-6,9-12,14H,3,7-8H2/i3D,8D. The number of hydrogen-bond acceptors (Lipinski definition) is 2. The third-order valence-corrected chi connectivity index (χ3v) is 3.55. The van der Waals surface area contributed by atoms with Gasteiger partial charge in [-0.2, -0.15) is 0 Å². The molecule has 0 saturated carbocycles. The average molecular weight is 266 g/mol. The van der Waals surface area contributed by atoms with Crippen LogP contribution < -0.4 is 0 Å². The van der Waals surface area contributed by atoms with Crippen LogP contribution in [-0.4, -0.2) is 11.6 Å². The van der Waals surface area contributed by atoms with E-state index in [1.807, 2.05) is 30.3 Å². The summed E-state index contributed by atoms with van der Waals surface area (Å²) in [6.07, 6.45) is 2.08. The summed E-state index contributed by atoms with van der Waals surface area (Å²) < 4.78 is 15.7. The van der Waals surface area contributed by atoms with Gasteiger partial charge in [0, 0.05) is 14.2 Å². The van der Waals surface area contributed by atoms with Gasteiger partial charge in [-0.25, -0.2) is 0 Å². The zero-order valence-corrected chi connectivity index (χ0v) is 11.0. The molecule has 2 heteroatoms. The molecule has 0 amide bonds. The van der Waals surface area contributed by atoms with Crippen LogP contribution >= 0.6 is 0 Å². The minimum Gasteiger partial charge on any atom is -0.290 e. The molecule has 0 N–H and O–H groups in total. The van der Waals surface area contributed by atoms with Crippen molar-refractivity contribution in [2.24, 2.45) is 5.92 Å². The Balaban J connectivity index is 1.88. The van der Waals surface area contributed by atoms with E-state index in [2.05, 4.69) is 0 Å². The molecule has 0 aliphatic heterocycles. The number of Topliss-reactive ketones (excluding diaryl/α,β-unsaturated/α-hetero) is 2. The molecular formula is C18H16O2. The highest BCUT2D eigenvalue weighted by atomic mass is 16.2. The molecule has 0 saturated heterocycles. The Hall–Kier alpha value is -2.22. The Morgan fingerprint density at radius 3 is 2.70 bits per heavy atom. The summed E-state index contributed by atoms with van der Waals surface area (Å²) in [6.45, 7) is 0. The Morgan fingerprint density at radius 1 is 1.05 bits per heavy atom. The van der Waals surface area contributed by atoms with Gasteiger partial charge in [0.25, 0.3) is 0 Å². The summed E-state index contributed by atoms with van der Waals surface area (Å²) in [5, 5.41) is 1.92. The van der Waals surface area contributed by atoms with E-state index >= 15 is 0 Å². The van der Waals surface area contributed by atoms with Crippen LogP contribution in [0.15, 0.2) is 54.6 Å². The summed E-state index contributed by atoms with van der Waals surface area (Å²) >= 11 is 0. The summed E-state index contributed by atoms with van der Waals surface area (Å²) in [6, 6.07) is 12.8. The van der Waals surface area contributed by atoms with E-state index in [1.165, 1.54) is 0 Å². The third kappa shape index (κ3) is 2.42. The highest BCUT2D eigenvalue weighted by Crippen LogP contribution is 2.22. The normalized spacial score (nSPS) is 26.9. The maximum atomic E-state index is 12.4. The van der Waals surface area contributed by atoms with E-state index in [1.54, 1.807) is 24.3 Å². The Kier molecular flexibility index (Phi) is 2.86. The van der Waals surface area contributed by atoms with Crippen molar-refractivity contribution in [2.45, 2.75) is 19.2 Å². The number of ketones is 2. The largest absolute Gasteiger partial charge is 0.290 e. The zero-order chi connectivity index (χ0) is 15.7. The number of allylic oxidation sites excluding steroid dienone is 2. The van der Waals surface area contributed by atoms with Crippen molar-refractivity contribution in [1.82, 2.24) is 0 Å². The molecule has 2 nitrogen and oxygen atoms in total. The lowest BCUT2D eigenvalue weighted by molar-refractivity contribution is -0.118. The first kappa shape index (κ1) is 10.6. The Bertz CT molecular complexity index is 767. The van der Waals surface area contributed by atoms with E-state index in [0.717, 1.165) is 10.8 Å². The number of carbonyl (C=O) groups is 2. The predicted octanol–water partition coefficient (Wildman–Crippen LogP) is 3.95. The van der Waals surface area contributed by atoms with Gasteiger partial charge in [-0.05, 0) is 36.1 Å². The van der Waals surface area contributed by atoms with Crippen LogP contribution in [0.2, 0.25) is 0 Å². The van der Waals surface area contributed by atoms with Crippen molar-refractivity contribution >= 4 is 22.3 Å². The Morgan fingerprint density at radius 2 is 1.85 bits per heavy atom. The van der Waals surface area contributed by atoms with Gasteiger partial charge >= 0.3 is 0 Å². The third-order valence-electron chi connectivity index (χ3n) is 3.55. The smallest absolute Gasteiger partial charge is 0.228 e. The number of fused-ring (bicyclic) bond motifs is 1. The number of carbonyl (C=O) groups excluding carboxylic acids is 2. The van der Waals surface area contributed by atoms with Crippen molar-refractivity contribution in [3.8, 4) is 0 Å². The van der Waals surface area contributed by atoms with Gasteiger partial charge in [-0.3, -0.25) is 9.59 Å². The van der Waals surface area contributed by atoms with Gasteiger partial charge in [-0.1, -0.05) is 48.6 Å². The summed E-state index contributed by atoms with van der Waals surface area (Å²) in [4.78, 5) is 24.8. The number of benzene rings is 2. The van der Waals surface area contributed by atoms with Gasteiger partial charge in [0.2, 0.25) is 11.6 Å². The minimum absolute atomic E-state index is 0.354. The topological polar surface area (TPSA) is 34.1 Å². The molecule has 0 bridgehead atoms. The first-order chi connectivity index (χ1) is 10.6. The summed E-state index contributed by atoms with van der Waals surface area (Å²) in [5.74, 6) is -1.83. The van der Waals surface area contributed by atoms with E-state index in [-0.39, 0.29) is 0 Å². The van der Waals surface area contributed by atoms with Crippen LogP contribution in [0, 0.1) is 5.92 Å². The highest BCUT2D eigenvalue weighted by molar-refractivity contribution is 6.44. The van der Waals surface area contributed by atoms with Crippen molar-refractivity contribution in [3.05, 3.63) is 60.2 Å². The number of hydrogen-bond donors (Lipinski definition) is 0. The van der Waals surface area contributed by atoms with E-state index < -0.39 is 30.3 Å². The van der Waals surface area contributed by atoms with Gasteiger partial charge in [-0.15, -0.1) is 0 Å². The quantitative estimate of drug-likeness (QED) is 0.479. The van der Waals surface area contributed by atoms with Gasteiger partial charge in [0.05, 0.1) is 0 Å². The highest BCUT2D eigenvalue weighted by Gasteiger charge is 2.26. The first-order valence-corrected chi connectivity index (χ1v) is 6.66. The molecule has 1 aliphatic rings. The molecule has 3 atom stereocenters. The minimum atomic E-state index is -0.873. The lowest BCUT2D eigenvalue weighted by atomic mass is 9.87. The second-order valence-corrected chi connectivity index (χ2v) is 4.91. The molecule has 0 fully saturated rings. The monoisotopic (exact) mass is 266 g/mol. The molecule has 0 radical (unpaired) electrons. The molecule has 100 valence electrons. The fourth-order valence-corrected chi connectivity index (χ4v) is 2.42. The predicted molar refractivity (Wildman–Crippen MR) is 79.8 cm³/mol. The van der Waals surface area contributed by atoms with Crippen molar-refractivity contribution in [2.75, 3.05) is 0 Å². The van der Waals surface area contributed by atoms with Gasteiger partial charge < -0.3 is 0 Å². The lowest BCUT2D eigenvalue weighted by Gasteiger charge is -2.15. The number of rotatable bonds is 3. The molecule has 20 heavy (non-hydrogen) atoms. The van der Waals surface area contributed by atoms with Crippen molar-refractivity contribution < 1.29 is 12.3 Å². The van der Waals surface area contributed by atoms with Crippen LogP contribution in [0.5, 0.6) is 0 Å². The second kappa shape index (κ2) is 5.41. The van der Waals surface area contributed by atoms with Crippen LogP contribution in [0.4, 0.5) is 0 Å². The first-order valence-electron chi connectivity index (χ1n) is 7.82. The van der Waals surface area contributed by atoms with Crippen LogP contribution in [0.1, 0.15) is 32.3 Å². The second-order valence-electron chi connectivity index (χ2n) is 4.91. The van der Waals surface area contributed by atoms with Crippen molar-refractivity contribution in [1.29, 1.82) is 0 Å². The molecule has 3 rings (SSSR count). The van der Waals surface area contributed by atoms with Crippen molar-refractivity contribution in [3.63, 3.8) is 0 Å². The zero-order valence-electron chi connectivity index (χ0n) is 13.0. The summed E-state index contributed by atoms with van der Waals surface area (Å²) in [7, 11) is 0. The van der Waals surface area contributed by atoms with Crippen LogP contribution in [0.25, 0.3) is 10.8 Å². The fourth-order valence-electron chi connectivity index (χ4n) is 2.42. The molecule has 0 spiro atoms. The Labute approximate surface area is 120 Å². The molecule has 2 aromatic rings. The summed E-state index contributed by atoms with van der Waals surface area (Å²) in [5.41, 5.74) is 0.354. The fraction of sp³-hybridized carbons (Fsp3) is 0.222. The van der Waals surface area contributed by atoms with Gasteiger partial charge in [0.15, 0.2) is 0 Å².